The van der Waals surface area contributed by atoms with Gasteiger partial charge in [-0.3, -0.25) is 4.99 Å². The Morgan fingerprint density at radius 1 is 1.27 bits per heavy atom. The Kier molecular flexibility index (Phi) is 6.04. The van der Waals surface area contributed by atoms with Gasteiger partial charge in [-0.05, 0) is 61.4 Å². The van der Waals surface area contributed by atoms with Crippen molar-refractivity contribution in [2.45, 2.75) is 32.6 Å². The van der Waals surface area contributed by atoms with Gasteiger partial charge in [-0.1, -0.05) is 23.7 Å². The summed E-state index contributed by atoms with van der Waals surface area (Å²) < 4.78 is 0. The van der Waals surface area contributed by atoms with Gasteiger partial charge >= 0.3 is 5.97 Å². The zero-order chi connectivity index (χ0) is 21.3. The maximum atomic E-state index is 12.0. The molecule has 0 radical (unpaired) electrons. The summed E-state index contributed by atoms with van der Waals surface area (Å²) in [7, 11) is 0. The van der Waals surface area contributed by atoms with Crippen LogP contribution in [0.1, 0.15) is 40.7 Å². The Hall–Kier alpha value is -2.48. The maximum Gasteiger partial charge on any atom is 0.348 e. The summed E-state index contributed by atoms with van der Waals surface area (Å²) in [5.74, 6) is -0.457. The number of pyridine rings is 1. The fourth-order valence-electron chi connectivity index (χ4n) is 3.93. The number of nitrogens with zero attached hydrogens (tertiary/aromatic N) is 2. The first-order chi connectivity index (χ1) is 14.5. The molecule has 0 saturated heterocycles. The summed E-state index contributed by atoms with van der Waals surface area (Å²) in [6.45, 7) is 1.94. The number of hydrogen-bond acceptors (Lipinski definition) is 5. The highest BCUT2D eigenvalue weighted by Crippen LogP contribution is 2.45. The van der Waals surface area contributed by atoms with Gasteiger partial charge in [-0.25, -0.2) is 9.78 Å². The first-order valence-corrected chi connectivity index (χ1v) is 11.1. The molecule has 3 N–H and O–H groups in total. The minimum atomic E-state index is -1.00. The predicted molar refractivity (Wildman–Crippen MR) is 122 cm³/mol. The van der Waals surface area contributed by atoms with Gasteiger partial charge in [0.05, 0.1) is 24.7 Å². The number of rotatable bonds is 5. The smallest absolute Gasteiger partial charge is 0.348 e. The van der Waals surface area contributed by atoms with Crippen LogP contribution in [0.5, 0.6) is 0 Å². The number of aromatic carboxylic acids is 1. The number of halogens is 1. The molecule has 30 heavy (non-hydrogen) atoms. The molecule has 1 aliphatic rings. The topological polar surface area (TPSA) is 94.8 Å². The number of thiophene rings is 1. The molecule has 1 aromatic carbocycles. The first-order valence-electron chi connectivity index (χ1n) is 9.86. The third-order valence-electron chi connectivity index (χ3n) is 5.20. The molecule has 0 bridgehead atoms. The van der Waals surface area contributed by atoms with Gasteiger partial charge in [0, 0.05) is 16.1 Å². The fraction of sp³-hybridized carbons (Fsp3) is 0.318. The zero-order valence-corrected chi connectivity index (χ0v) is 18.1. The molecular formula is C22H22ClN3O3S. The highest BCUT2D eigenvalue weighted by atomic mass is 35.5. The number of hydrogen-bond donors (Lipinski definition) is 3. The van der Waals surface area contributed by atoms with Crippen molar-refractivity contribution in [3.8, 4) is 11.1 Å². The van der Waals surface area contributed by atoms with Gasteiger partial charge in [0.1, 0.15) is 9.71 Å². The Morgan fingerprint density at radius 2 is 2.00 bits per heavy atom. The molecule has 2 heterocycles. The van der Waals surface area contributed by atoms with E-state index in [4.69, 9.17) is 21.7 Å². The van der Waals surface area contributed by atoms with Gasteiger partial charge in [0.15, 0.2) is 0 Å². The average Bonchev–Trinajstić information content (AvgIpc) is 3.09. The number of carbonyl (C=O) groups is 1. The lowest BCUT2D eigenvalue weighted by Crippen LogP contribution is -2.12. The summed E-state index contributed by atoms with van der Waals surface area (Å²) in [6, 6.07) is 7.65. The minimum Gasteiger partial charge on any atom is -0.477 e. The van der Waals surface area contributed by atoms with Crippen LogP contribution >= 0.6 is 22.9 Å². The van der Waals surface area contributed by atoms with Gasteiger partial charge in [0.25, 0.3) is 0 Å². The number of aromatic nitrogens is 1. The van der Waals surface area contributed by atoms with Crippen molar-refractivity contribution >= 4 is 50.6 Å². The second-order valence-electron chi connectivity index (χ2n) is 7.23. The summed E-state index contributed by atoms with van der Waals surface area (Å²) in [5.41, 5.74) is 4.75. The molecule has 156 valence electrons. The van der Waals surface area contributed by atoms with E-state index < -0.39 is 5.97 Å². The van der Waals surface area contributed by atoms with Crippen molar-refractivity contribution in [2.24, 2.45) is 4.99 Å². The van der Waals surface area contributed by atoms with Crippen molar-refractivity contribution in [2.75, 3.05) is 18.5 Å². The Labute approximate surface area is 183 Å². The Morgan fingerprint density at radius 3 is 2.70 bits per heavy atom. The average molecular weight is 444 g/mol. The van der Waals surface area contributed by atoms with Crippen LogP contribution in [-0.4, -0.2) is 40.2 Å². The molecular weight excluding hydrogens is 422 g/mol. The third kappa shape index (κ3) is 3.93. The lowest BCUT2D eigenvalue weighted by Gasteiger charge is -2.21. The highest BCUT2D eigenvalue weighted by Gasteiger charge is 2.27. The Bertz CT molecular complexity index is 1140. The summed E-state index contributed by atoms with van der Waals surface area (Å²) >= 11 is 7.30. The Balaban J connectivity index is 2.02. The number of anilines is 1. The molecule has 0 aliphatic heterocycles. The number of carboxylic acids is 1. The van der Waals surface area contributed by atoms with Crippen molar-refractivity contribution < 1.29 is 15.0 Å². The van der Waals surface area contributed by atoms with E-state index in [0.717, 1.165) is 47.9 Å². The van der Waals surface area contributed by atoms with Crippen LogP contribution < -0.4 is 5.32 Å². The number of nitrogens with one attached hydrogen (secondary N) is 1. The molecule has 0 saturated carbocycles. The van der Waals surface area contributed by atoms with Crippen LogP contribution in [0.4, 0.5) is 5.69 Å². The predicted octanol–water partition coefficient (Wildman–Crippen LogP) is 5.02. The maximum absolute atomic E-state index is 12.0. The molecule has 0 amide bonds. The molecule has 2 aromatic heterocycles. The van der Waals surface area contributed by atoms with E-state index in [9.17, 15) is 9.90 Å². The van der Waals surface area contributed by atoms with Gasteiger partial charge in [0.2, 0.25) is 0 Å². The molecule has 8 heteroatoms. The molecule has 0 spiro atoms. The zero-order valence-electron chi connectivity index (χ0n) is 16.5. The van der Waals surface area contributed by atoms with E-state index in [1.807, 2.05) is 24.3 Å². The van der Waals surface area contributed by atoms with E-state index >= 15 is 0 Å². The summed E-state index contributed by atoms with van der Waals surface area (Å²) in [5, 5.41) is 23.6. The largest absolute Gasteiger partial charge is 0.477 e. The van der Waals surface area contributed by atoms with Crippen LogP contribution in [-0.2, 0) is 12.8 Å². The van der Waals surface area contributed by atoms with E-state index in [-0.39, 0.29) is 18.0 Å². The van der Waals surface area contributed by atoms with Gasteiger partial charge in [-0.2, -0.15) is 0 Å². The number of aliphatic imine (C=N–C) groups is 1. The van der Waals surface area contributed by atoms with Crippen LogP contribution in [0.25, 0.3) is 21.3 Å². The minimum absolute atomic E-state index is 0.0692. The van der Waals surface area contributed by atoms with Crippen molar-refractivity contribution in [3.05, 3.63) is 45.4 Å². The number of aliphatic hydroxyl groups excluding tert-OH is 1. The molecule has 0 atom stereocenters. The second kappa shape index (κ2) is 8.71. The highest BCUT2D eigenvalue weighted by molar-refractivity contribution is 7.21. The number of aryl methyl sites for hydroxylation is 1. The number of aliphatic hydroxyl groups is 1. The van der Waals surface area contributed by atoms with Crippen molar-refractivity contribution in [1.82, 2.24) is 4.98 Å². The molecule has 4 rings (SSSR count). The van der Waals surface area contributed by atoms with E-state index in [1.54, 1.807) is 6.92 Å². The number of benzene rings is 1. The lowest BCUT2D eigenvalue weighted by molar-refractivity contribution is 0.0703. The summed E-state index contributed by atoms with van der Waals surface area (Å²) in [4.78, 5) is 22.1. The number of fused-ring (bicyclic) bond motifs is 2. The monoisotopic (exact) mass is 443 g/mol. The van der Waals surface area contributed by atoms with Crippen molar-refractivity contribution in [1.29, 1.82) is 0 Å². The normalized spacial score (nSPS) is 14.0. The van der Waals surface area contributed by atoms with Crippen LogP contribution in [0.2, 0.25) is 5.02 Å². The standard InChI is InChI=1S/C22H22ClN3O3S/c1-12(24-10-11-27)25-19-18-17(13-6-8-14(23)9-7-13)15-4-2-3-5-16(15)26-21(18)30-20(19)22(28)29/h6-9,27H,2-5,10-11H2,1H3,(H,24,25)(H,28,29). The quantitative estimate of drug-likeness (QED) is 0.380. The van der Waals surface area contributed by atoms with Crippen LogP contribution in [0.3, 0.4) is 0 Å². The van der Waals surface area contributed by atoms with Gasteiger partial charge in [-0.15, -0.1) is 11.3 Å². The van der Waals surface area contributed by atoms with E-state index in [2.05, 4.69) is 10.3 Å². The SMILES string of the molecule is CC(=NCCO)Nc1c(C(=O)O)sc2nc3c(c(-c4ccc(Cl)cc4)c12)CCCC3. The van der Waals surface area contributed by atoms with Crippen LogP contribution in [0, 0.1) is 0 Å². The lowest BCUT2D eigenvalue weighted by atomic mass is 9.87. The van der Waals surface area contributed by atoms with E-state index in [1.165, 1.54) is 16.9 Å². The number of carboxylic acid groups (broad SMARTS) is 1. The molecule has 1 aliphatic carbocycles. The molecule has 6 nitrogen and oxygen atoms in total. The van der Waals surface area contributed by atoms with Gasteiger partial charge < -0.3 is 15.5 Å². The van der Waals surface area contributed by atoms with E-state index in [0.29, 0.717) is 21.4 Å². The third-order valence-corrected chi connectivity index (χ3v) is 6.52. The first kappa shape index (κ1) is 20.8. The summed E-state index contributed by atoms with van der Waals surface area (Å²) in [6.07, 6.45) is 3.97. The molecule has 0 unspecified atom stereocenters. The number of amidine groups is 1. The molecule has 3 aromatic rings. The van der Waals surface area contributed by atoms with Crippen molar-refractivity contribution in [3.63, 3.8) is 0 Å². The fourth-order valence-corrected chi connectivity index (χ4v) is 5.05. The second-order valence-corrected chi connectivity index (χ2v) is 8.67. The van der Waals surface area contributed by atoms with Crippen LogP contribution in [0.15, 0.2) is 29.3 Å². The molecule has 0 fully saturated rings.